The van der Waals surface area contributed by atoms with E-state index in [9.17, 15) is 0 Å². The first-order chi connectivity index (χ1) is 8.79. The largest absolute Gasteiger partial charge is 0.339 e. The first kappa shape index (κ1) is 11.4. The Kier molecular flexibility index (Phi) is 2.85. The summed E-state index contributed by atoms with van der Waals surface area (Å²) < 4.78 is 6.33. The maximum Gasteiger partial charge on any atom is 0.226 e. The lowest BCUT2D eigenvalue weighted by molar-refractivity contribution is 0.375. The molecule has 0 aliphatic carbocycles. The maximum absolute atomic E-state index is 6.22. The Morgan fingerprint density at radius 3 is 3.00 bits per heavy atom. The van der Waals surface area contributed by atoms with Gasteiger partial charge in [0.2, 0.25) is 5.89 Å². The Bertz CT molecular complexity index is 673. The van der Waals surface area contributed by atoms with Crippen LogP contribution in [-0.2, 0) is 6.42 Å². The third kappa shape index (κ3) is 1.81. The van der Waals surface area contributed by atoms with E-state index in [1.54, 1.807) is 11.3 Å². The summed E-state index contributed by atoms with van der Waals surface area (Å²) in [6, 6.07) is 7.87. The van der Waals surface area contributed by atoms with E-state index in [2.05, 4.69) is 27.7 Å². The van der Waals surface area contributed by atoms with Gasteiger partial charge in [0.05, 0.1) is 6.04 Å². The molecule has 0 fully saturated rings. The van der Waals surface area contributed by atoms with Crippen molar-refractivity contribution >= 4 is 21.4 Å². The monoisotopic (exact) mass is 259 g/mol. The normalized spacial score (nSPS) is 13.0. The van der Waals surface area contributed by atoms with Gasteiger partial charge in [0, 0.05) is 11.1 Å². The molecule has 3 rings (SSSR count). The molecule has 1 atom stereocenters. The number of benzene rings is 1. The molecule has 0 bridgehead atoms. The number of nitrogens with zero attached hydrogens (tertiary/aromatic N) is 2. The number of nitrogens with two attached hydrogens (primary N) is 1. The fourth-order valence-electron chi connectivity index (χ4n) is 1.92. The predicted molar refractivity (Wildman–Crippen MR) is 71.5 cm³/mol. The van der Waals surface area contributed by atoms with Crippen LogP contribution in [0.2, 0.25) is 0 Å². The van der Waals surface area contributed by atoms with Gasteiger partial charge in [-0.05, 0) is 22.4 Å². The summed E-state index contributed by atoms with van der Waals surface area (Å²) in [6.45, 7) is 1.98. The molecule has 2 aromatic heterocycles. The van der Waals surface area contributed by atoms with Crippen LogP contribution in [0.1, 0.15) is 30.2 Å². The minimum Gasteiger partial charge on any atom is -0.339 e. The van der Waals surface area contributed by atoms with Gasteiger partial charge in [0.15, 0.2) is 5.82 Å². The van der Waals surface area contributed by atoms with Gasteiger partial charge in [-0.15, -0.1) is 11.3 Å². The molecule has 0 saturated carbocycles. The van der Waals surface area contributed by atoms with Crippen LogP contribution in [0.15, 0.2) is 34.2 Å². The van der Waals surface area contributed by atoms with Gasteiger partial charge in [-0.1, -0.05) is 30.3 Å². The molecule has 0 amide bonds. The highest BCUT2D eigenvalue weighted by molar-refractivity contribution is 7.17. The van der Waals surface area contributed by atoms with Crippen molar-refractivity contribution in [1.29, 1.82) is 0 Å². The van der Waals surface area contributed by atoms with Crippen molar-refractivity contribution in [3.05, 3.63) is 46.9 Å². The van der Waals surface area contributed by atoms with E-state index in [1.807, 2.05) is 19.1 Å². The van der Waals surface area contributed by atoms with Gasteiger partial charge in [0.1, 0.15) is 0 Å². The lowest BCUT2D eigenvalue weighted by atomic mass is 10.1. The van der Waals surface area contributed by atoms with Gasteiger partial charge in [-0.3, -0.25) is 0 Å². The molecule has 0 aliphatic rings. The molecular weight excluding hydrogens is 246 g/mol. The summed E-state index contributed by atoms with van der Waals surface area (Å²) in [5.74, 6) is 1.18. The molecule has 0 saturated heterocycles. The molecular formula is C13H13N3OS. The standard InChI is InChI=1S/C13H13N3OS/c1-2-11-15-13(16-17-11)12(14)9-7-18-10-6-4-3-5-8(9)10/h3-7,12H,2,14H2,1H3. The van der Waals surface area contributed by atoms with E-state index in [1.165, 1.54) is 4.70 Å². The van der Waals surface area contributed by atoms with Crippen molar-refractivity contribution in [2.45, 2.75) is 19.4 Å². The van der Waals surface area contributed by atoms with Crippen LogP contribution in [0.3, 0.4) is 0 Å². The number of thiophene rings is 1. The van der Waals surface area contributed by atoms with E-state index >= 15 is 0 Å². The maximum atomic E-state index is 6.22. The zero-order valence-electron chi connectivity index (χ0n) is 9.96. The quantitative estimate of drug-likeness (QED) is 0.785. The van der Waals surface area contributed by atoms with Crippen LogP contribution < -0.4 is 5.73 Å². The van der Waals surface area contributed by atoms with E-state index in [4.69, 9.17) is 10.3 Å². The fourth-order valence-corrected chi connectivity index (χ4v) is 2.91. The number of fused-ring (bicyclic) bond motifs is 1. The highest BCUT2D eigenvalue weighted by atomic mass is 32.1. The second-order valence-electron chi connectivity index (χ2n) is 4.06. The molecule has 92 valence electrons. The molecule has 2 N–H and O–H groups in total. The van der Waals surface area contributed by atoms with E-state index in [-0.39, 0.29) is 6.04 Å². The third-order valence-electron chi connectivity index (χ3n) is 2.91. The molecule has 1 aromatic carbocycles. The zero-order chi connectivity index (χ0) is 12.5. The molecule has 2 heterocycles. The minimum atomic E-state index is -0.329. The summed E-state index contributed by atoms with van der Waals surface area (Å²) in [7, 11) is 0. The molecule has 0 radical (unpaired) electrons. The van der Waals surface area contributed by atoms with Crippen molar-refractivity contribution in [3.63, 3.8) is 0 Å². The smallest absolute Gasteiger partial charge is 0.226 e. The van der Waals surface area contributed by atoms with Gasteiger partial charge >= 0.3 is 0 Å². The van der Waals surface area contributed by atoms with Crippen LogP contribution in [0, 0.1) is 0 Å². The number of hydrogen-bond donors (Lipinski definition) is 1. The van der Waals surface area contributed by atoms with E-state index < -0.39 is 0 Å². The van der Waals surface area contributed by atoms with Gasteiger partial charge in [-0.25, -0.2) is 0 Å². The second-order valence-corrected chi connectivity index (χ2v) is 4.98. The van der Waals surface area contributed by atoms with Crippen LogP contribution >= 0.6 is 11.3 Å². The topological polar surface area (TPSA) is 64.9 Å². The third-order valence-corrected chi connectivity index (χ3v) is 3.89. The average Bonchev–Trinajstić information content (AvgIpc) is 3.04. The number of rotatable bonds is 3. The van der Waals surface area contributed by atoms with Crippen molar-refractivity contribution < 1.29 is 4.52 Å². The Hall–Kier alpha value is -1.72. The van der Waals surface area contributed by atoms with E-state index in [0.29, 0.717) is 11.7 Å². The van der Waals surface area contributed by atoms with Crippen LogP contribution in [0.4, 0.5) is 0 Å². The molecule has 0 aliphatic heterocycles. The SMILES string of the molecule is CCc1nc(C(N)c2csc3ccccc23)no1. The summed E-state index contributed by atoms with van der Waals surface area (Å²) in [6.07, 6.45) is 0.726. The number of hydrogen-bond acceptors (Lipinski definition) is 5. The lowest BCUT2D eigenvalue weighted by Crippen LogP contribution is -2.13. The predicted octanol–water partition coefficient (Wildman–Crippen LogP) is 2.89. The number of aromatic nitrogens is 2. The van der Waals surface area contributed by atoms with Gasteiger partial charge < -0.3 is 10.3 Å². The van der Waals surface area contributed by atoms with Gasteiger partial charge in [0.25, 0.3) is 0 Å². The zero-order valence-corrected chi connectivity index (χ0v) is 10.8. The second kappa shape index (κ2) is 4.51. The van der Waals surface area contributed by atoms with E-state index in [0.717, 1.165) is 17.4 Å². The Morgan fingerprint density at radius 2 is 2.22 bits per heavy atom. The molecule has 5 heteroatoms. The summed E-state index contributed by atoms with van der Waals surface area (Å²) >= 11 is 1.68. The molecule has 3 aromatic rings. The molecule has 4 nitrogen and oxygen atoms in total. The van der Waals surface area contributed by atoms with Crippen LogP contribution in [0.25, 0.3) is 10.1 Å². The minimum absolute atomic E-state index is 0.329. The van der Waals surface area contributed by atoms with Crippen molar-refractivity contribution in [3.8, 4) is 0 Å². The Morgan fingerprint density at radius 1 is 1.39 bits per heavy atom. The molecule has 0 spiro atoms. The Balaban J connectivity index is 2.03. The highest BCUT2D eigenvalue weighted by Crippen LogP contribution is 2.31. The van der Waals surface area contributed by atoms with Crippen LogP contribution in [0.5, 0.6) is 0 Å². The first-order valence-electron chi connectivity index (χ1n) is 5.83. The highest BCUT2D eigenvalue weighted by Gasteiger charge is 2.18. The fraction of sp³-hybridized carbons (Fsp3) is 0.231. The molecule has 18 heavy (non-hydrogen) atoms. The van der Waals surface area contributed by atoms with Crippen molar-refractivity contribution in [2.75, 3.05) is 0 Å². The summed E-state index contributed by atoms with van der Waals surface area (Å²) in [4.78, 5) is 4.29. The summed E-state index contributed by atoms with van der Waals surface area (Å²) in [5.41, 5.74) is 7.27. The van der Waals surface area contributed by atoms with Crippen molar-refractivity contribution in [2.24, 2.45) is 5.73 Å². The molecule has 1 unspecified atom stereocenters. The number of aryl methyl sites for hydroxylation is 1. The van der Waals surface area contributed by atoms with Crippen LogP contribution in [-0.4, -0.2) is 10.1 Å². The average molecular weight is 259 g/mol. The summed E-state index contributed by atoms with van der Waals surface area (Å²) in [5, 5.41) is 7.17. The lowest BCUT2D eigenvalue weighted by Gasteiger charge is -2.05. The van der Waals surface area contributed by atoms with Gasteiger partial charge in [-0.2, -0.15) is 4.98 Å². The van der Waals surface area contributed by atoms with Crippen molar-refractivity contribution in [1.82, 2.24) is 10.1 Å². The first-order valence-corrected chi connectivity index (χ1v) is 6.71. The Labute approximate surface area is 108 Å².